The molecule has 1 aromatic rings. The quantitative estimate of drug-likeness (QED) is 0.772. The van der Waals surface area contributed by atoms with Crippen molar-refractivity contribution in [1.82, 2.24) is 0 Å². The number of fused-ring (bicyclic) bond motifs is 1. The van der Waals surface area contributed by atoms with Crippen LogP contribution in [0.3, 0.4) is 0 Å². The van der Waals surface area contributed by atoms with Crippen molar-refractivity contribution < 1.29 is 9.47 Å². The largest absolute Gasteiger partial charge is 0.454 e. The van der Waals surface area contributed by atoms with Crippen LogP contribution in [-0.4, -0.2) is 13.3 Å². The second-order valence-electron chi connectivity index (χ2n) is 3.07. The summed E-state index contributed by atoms with van der Waals surface area (Å²) in [4.78, 5) is 0. The summed E-state index contributed by atoms with van der Waals surface area (Å²) in [5.74, 6) is 1.33. The molecule has 0 saturated heterocycles. The fourth-order valence-electron chi connectivity index (χ4n) is 1.34. The van der Waals surface area contributed by atoms with E-state index in [-0.39, 0.29) is 12.8 Å². The van der Waals surface area contributed by atoms with Gasteiger partial charge in [0.25, 0.3) is 0 Å². The van der Waals surface area contributed by atoms with Gasteiger partial charge in [-0.2, -0.15) is 0 Å². The van der Waals surface area contributed by atoms with Crippen molar-refractivity contribution in [1.29, 1.82) is 0 Å². The molecule has 5 heteroatoms. The first kappa shape index (κ1) is 9.58. The number of hydrogen-bond acceptors (Lipinski definition) is 4. The molecule has 1 aliphatic rings. The minimum absolute atomic E-state index is 0.229. The molecule has 0 unspecified atom stereocenters. The van der Waals surface area contributed by atoms with Gasteiger partial charge in [0.05, 0.1) is 0 Å². The number of nitrogens with two attached hydrogens (primary N) is 2. The molecule has 0 amide bonds. The SMILES string of the molecule is NC[C@H](N)c1cc2c(cc1Cl)OCO2. The smallest absolute Gasteiger partial charge is 0.231 e. The van der Waals surface area contributed by atoms with Crippen LogP contribution in [-0.2, 0) is 0 Å². The maximum Gasteiger partial charge on any atom is 0.231 e. The Labute approximate surface area is 86.7 Å². The lowest BCUT2D eigenvalue weighted by atomic mass is 10.1. The molecule has 0 aromatic heterocycles. The van der Waals surface area contributed by atoms with Gasteiger partial charge in [-0.1, -0.05) is 11.6 Å². The molecule has 1 atom stereocenters. The average Bonchev–Trinajstić information content (AvgIpc) is 2.62. The van der Waals surface area contributed by atoms with E-state index in [1.165, 1.54) is 0 Å². The third-order valence-corrected chi connectivity index (χ3v) is 2.47. The molecule has 1 aliphatic heterocycles. The Hall–Kier alpha value is -0.970. The lowest BCUT2D eigenvalue weighted by molar-refractivity contribution is 0.174. The summed E-state index contributed by atoms with van der Waals surface area (Å²) >= 11 is 6.01. The monoisotopic (exact) mass is 214 g/mol. The van der Waals surface area contributed by atoms with E-state index in [2.05, 4.69) is 0 Å². The van der Waals surface area contributed by atoms with Gasteiger partial charge >= 0.3 is 0 Å². The Morgan fingerprint density at radius 3 is 2.64 bits per heavy atom. The Morgan fingerprint density at radius 1 is 1.36 bits per heavy atom. The second kappa shape index (κ2) is 3.65. The molecular weight excluding hydrogens is 204 g/mol. The van der Waals surface area contributed by atoms with E-state index >= 15 is 0 Å². The summed E-state index contributed by atoms with van der Waals surface area (Å²) in [5.41, 5.74) is 12.0. The molecule has 0 aliphatic carbocycles. The first-order chi connectivity index (χ1) is 6.72. The highest BCUT2D eigenvalue weighted by Gasteiger charge is 2.18. The molecule has 0 spiro atoms. The standard InChI is InChI=1S/C9H11ClN2O2/c10-6-2-9-8(13-4-14-9)1-5(6)7(12)3-11/h1-2,7H,3-4,11-12H2/t7-/m0/s1. The fourth-order valence-corrected chi connectivity index (χ4v) is 1.64. The van der Waals surface area contributed by atoms with Crippen LogP contribution in [0.2, 0.25) is 5.02 Å². The van der Waals surface area contributed by atoms with E-state index in [4.69, 9.17) is 32.5 Å². The predicted octanol–water partition coefficient (Wildman–Crippen LogP) is 1.03. The van der Waals surface area contributed by atoms with E-state index in [0.29, 0.717) is 23.1 Å². The molecule has 0 bridgehead atoms. The maximum absolute atomic E-state index is 6.01. The first-order valence-electron chi connectivity index (χ1n) is 4.27. The van der Waals surface area contributed by atoms with E-state index in [0.717, 1.165) is 5.56 Å². The van der Waals surface area contributed by atoms with Crippen molar-refractivity contribution >= 4 is 11.6 Å². The molecule has 2 rings (SSSR count). The van der Waals surface area contributed by atoms with Crippen LogP contribution in [0, 0.1) is 0 Å². The molecule has 4 nitrogen and oxygen atoms in total. The minimum Gasteiger partial charge on any atom is -0.454 e. The van der Waals surface area contributed by atoms with E-state index in [9.17, 15) is 0 Å². The van der Waals surface area contributed by atoms with Gasteiger partial charge in [0.1, 0.15) is 0 Å². The van der Waals surface area contributed by atoms with Crippen LogP contribution in [0.1, 0.15) is 11.6 Å². The highest BCUT2D eigenvalue weighted by molar-refractivity contribution is 6.31. The zero-order valence-corrected chi connectivity index (χ0v) is 8.25. The molecule has 0 radical (unpaired) electrons. The lowest BCUT2D eigenvalue weighted by Crippen LogP contribution is -2.21. The number of benzene rings is 1. The number of halogens is 1. The van der Waals surface area contributed by atoms with Gasteiger partial charge in [-0.25, -0.2) is 0 Å². The van der Waals surface area contributed by atoms with Gasteiger partial charge in [-0.15, -0.1) is 0 Å². The molecular formula is C9H11ClN2O2. The van der Waals surface area contributed by atoms with Gasteiger partial charge in [0.15, 0.2) is 11.5 Å². The van der Waals surface area contributed by atoms with Crippen molar-refractivity contribution in [2.24, 2.45) is 11.5 Å². The van der Waals surface area contributed by atoms with Crippen molar-refractivity contribution in [3.05, 3.63) is 22.7 Å². The van der Waals surface area contributed by atoms with E-state index < -0.39 is 0 Å². The van der Waals surface area contributed by atoms with Crippen molar-refractivity contribution in [2.75, 3.05) is 13.3 Å². The van der Waals surface area contributed by atoms with Crippen LogP contribution in [0.15, 0.2) is 12.1 Å². The summed E-state index contributed by atoms with van der Waals surface area (Å²) in [6.45, 7) is 0.576. The summed E-state index contributed by atoms with van der Waals surface area (Å²) in [7, 11) is 0. The Balaban J connectivity index is 2.42. The fraction of sp³-hybridized carbons (Fsp3) is 0.333. The number of hydrogen-bond donors (Lipinski definition) is 2. The van der Waals surface area contributed by atoms with Crippen molar-refractivity contribution in [3.63, 3.8) is 0 Å². The van der Waals surface area contributed by atoms with Gasteiger partial charge in [0.2, 0.25) is 6.79 Å². The summed E-state index contributed by atoms with van der Waals surface area (Å²) in [6.07, 6.45) is 0. The van der Waals surface area contributed by atoms with Gasteiger partial charge in [-0.05, 0) is 11.6 Å². The molecule has 14 heavy (non-hydrogen) atoms. The van der Waals surface area contributed by atoms with Crippen LogP contribution in [0.4, 0.5) is 0 Å². The molecule has 4 N–H and O–H groups in total. The normalized spacial score (nSPS) is 15.6. The predicted molar refractivity (Wildman–Crippen MR) is 53.6 cm³/mol. The van der Waals surface area contributed by atoms with Crippen LogP contribution >= 0.6 is 11.6 Å². The number of rotatable bonds is 2. The minimum atomic E-state index is -0.267. The third kappa shape index (κ3) is 1.52. The zero-order chi connectivity index (χ0) is 10.1. The van der Waals surface area contributed by atoms with Crippen LogP contribution < -0.4 is 20.9 Å². The van der Waals surface area contributed by atoms with Crippen molar-refractivity contribution in [2.45, 2.75) is 6.04 Å². The molecule has 1 heterocycles. The summed E-state index contributed by atoms with van der Waals surface area (Å²) < 4.78 is 10.4. The summed E-state index contributed by atoms with van der Waals surface area (Å²) in [5, 5.41) is 0.562. The second-order valence-corrected chi connectivity index (χ2v) is 3.48. The average molecular weight is 215 g/mol. The summed E-state index contributed by atoms with van der Waals surface area (Å²) in [6, 6.07) is 3.22. The Kier molecular flexibility index (Phi) is 2.50. The van der Waals surface area contributed by atoms with Gasteiger partial charge < -0.3 is 20.9 Å². The van der Waals surface area contributed by atoms with E-state index in [1.807, 2.05) is 0 Å². The highest BCUT2D eigenvalue weighted by Crippen LogP contribution is 2.38. The number of ether oxygens (including phenoxy) is 2. The lowest BCUT2D eigenvalue weighted by Gasteiger charge is -2.11. The highest BCUT2D eigenvalue weighted by atomic mass is 35.5. The first-order valence-corrected chi connectivity index (χ1v) is 4.65. The van der Waals surface area contributed by atoms with Crippen LogP contribution in [0.5, 0.6) is 11.5 Å². The molecule has 76 valence electrons. The maximum atomic E-state index is 6.01. The van der Waals surface area contributed by atoms with Crippen LogP contribution in [0.25, 0.3) is 0 Å². The zero-order valence-electron chi connectivity index (χ0n) is 7.50. The van der Waals surface area contributed by atoms with Gasteiger partial charge in [-0.3, -0.25) is 0 Å². The molecule has 0 saturated carbocycles. The third-order valence-electron chi connectivity index (χ3n) is 2.15. The van der Waals surface area contributed by atoms with E-state index in [1.54, 1.807) is 12.1 Å². The Bertz CT molecular complexity index is 357. The molecule has 1 aromatic carbocycles. The topological polar surface area (TPSA) is 70.5 Å². The van der Waals surface area contributed by atoms with Gasteiger partial charge in [0, 0.05) is 23.7 Å². The Morgan fingerprint density at radius 2 is 2.00 bits per heavy atom. The molecule has 0 fully saturated rings. The van der Waals surface area contributed by atoms with Crippen molar-refractivity contribution in [3.8, 4) is 11.5 Å².